The zero-order chi connectivity index (χ0) is 15.0. The average Bonchev–Trinajstić information content (AvgIpc) is 2.46. The summed E-state index contributed by atoms with van der Waals surface area (Å²) in [5.74, 6) is 0.544. The van der Waals surface area contributed by atoms with Gasteiger partial charge < -0.3 is 14.4 Å². The second-order valence-corrected chi connectivity index (χ2v) is 4.90. The van der Waals surface area contributed by atoms with Crippen molar-refractivity contribution in [3.8, 4) is 11.8 Å². The third kappa shape index (κ3) is 4.51. The molecule has 1 aromatic rings. The molecule has 0 unspecified atom stereocenters. The summed E-state index contributed by atoms with van der Waals surface area (Å²) in [4.78, 5) is 14.0. The average molecular weight is 341 g/mol. The first kappa shape index (κ1) is 16.5. The molecule has 0 aliphatic heterocycles. The van der Waals surface area contributed by atoms with Crippen molar-refractivity contribution < 1.29 is 14.3 Å². The highest BCUT2D eigenvalue weighted by Crippen LogP contribution is 2.26. The first-order chi connectivity index (χ1) is 9.63. The maximum atomic E-state index is 12.4. The number of hydrogen-bond acceptors (Lipinski definition) is 4. The van der Waals surface area contributed by atoms with Gasteiger partial charge in [-0.05, 0) is 34.1 Å². The molecule has 0 spiro atoms. The number of amides is 1. The Bertz CT molecular complexity index is 500. The van der Waals surface area contributed by atoms with Crippen LogP contribution < -0.4 is 4.74 Å². The molecule has 5 nitrogen and oxygen atoms in total. The van der Waals surface area contributed by atoms with E-state index in [1.54, 1.807) is 37.3 Å². The van der Waals surface area contributed by atoms with Gasteiger partial charge in [0.1, 0.15) is 5.75 Å². The maximum absolute atomic E-state index is 12.4. The van der Waals surface area contributed by atoms with E-state index < -0.39 is 0 Å². The van der Waals surface area contributed by atoms with Gasteiger partial charge in [0.05, 0.1) is 30.7 Å². The Morgan fingerprint density at radius 3 is 2.70 bits per heavy atom. The Kier molecular flexibility index (Phi) is 7.05. The third-order valence-corrected chi connectivity index (χ3v) is 3.36. The monoisotopic (exact) mass is 340 g/mol. The third-order valence-electron chi connectivity index (χ3n) is 2.74. The molecule has 0 radical (unpaired) electrons. The van der Waals surface area contributed by atoms with E-state index in [4.69, 9.17) is 14.7 Å². The zero-order valence-corrected chi connectivity index (χ0v) is 13.1. The Balaban J connectivity index is 2.87. The lowest BCUT2D eigenvalue weighted by atomic mass is 10.2. The number of halogens is 1. The van der Waals surface area contributed by atoms with Gasteiger partial charge in [-0.2, -0.15) is 5.26 Å². The van der Waals surface area contributed by atoms with Crippen LogP contribution in [0.4, 0.5) is 0 Å². The smallest absolute Gasteiger partial charge is 0.254 e. The molecule has 6 heteroatoms. The predicted molar refractivity (Wildman–Crippen MR) is 78.7 cm³/mol. The van der Waals surface area contributed by atoms with Crippen molar-refractivity contribution in [1.29, 1.82) is 5.26 Å². The van der Waals surface area contributed by atoms with E-state index in [2.05, 4.69) is 15.9 Å². The Labute approximate surface area is 127 Å². The van der Waals surface area contributed by atoms with E-state index in [1.165, 1.54) is 0 Å². The molecule has 0 saturated heterocycles. The second kappa shape index (κ2) is 8.56. The van der Waals surface area contributed by atoms with E-state index in [-0.39, 0.29) is 5.91 Å². The maximum Gasteiger partial charge on any atom is 0.254 e. The lowest BCUT2D eigenvalue weighted by molar-refractivity contribution is 0.0700. The van der Waals surface area contributed by atoms with Crippen molar-refractivity contribution >= 4 is 21.8 Å². The summed E-state index contributed by atoms with van der Waals surface area (Å²) in [7, 11) is 3.15. The molecule has 0 atom stereocenters. The standard InChI is InChI=1S/C14H17BrN2O3/c1-19-9-8-17(7-3-6-16)14(18)11-4-5-13(20-2)12(15)10-11/h4-5,10H,3,7-9H2,1-2H3. The molecular formula is C14H17BrN2O3. The van der Waals surface area contributed by atoms with Gasteiger partial charge in [0.15, 0.2) is 0 Å². The predicted octanol–water partition coefficient (Wildman–Crippen LogP) is 2.46. The fraction of sp³-hybridized carbons (Fsp3) is 0.429. The summed E-state index contributed by atoms with van der Waals surface area (Å²) in [6.07, 6.45) is 0.298. The second-order valence-electron chi connectivity index (χ2n) is 4.04. The summed E-state index contributed by atoms with van der Waals surface area (Å²) >= 11 is 3.36. The van der Waals surface area contributed by atoms with Crippen LogP contribution in [0.15, 0.2) is 22.7 Å². The van der Waals surface area contributed by atoms with E-state index in [1.807, 2.05) is 6.07 Å². The van der Waals surface area contributed by atoms with Gasteiger partial charge in [-0.25, -0.2) is 0 Å². The fourth-order valence-electron chi connectivity index (χ4n) is 1.68. The molecule has 1 amide bonds. The van der Waals surface area contributed by atoms with Gasteiger partial charge in [0.25, 0.3) is 5.91 Å². The molecule has 1 rings (SSSR count). The molecule has 0 saturated carbocycles. The number of ether oxygens (including phenoxy) is 2. The molecule has 0 bridgehead atoms. The molecule has 0 heterocycles. The van der Waals surface area contributed by atoms with Crippen LogP contribution in [0.1, 0.15) is 16.8 Å². The highest BCUT2D eigenvalue weighted by Gasteiger charge is 2.16. The van der Waals surface area contributed by atoms with Crippen LogP contribution in [0.2, 0.25) is 0 Å². The largest absolute Gasteiger partial charge is 0.496 e. The van der Waals surface area contributed by atoms with E-state index in [0.717, 1.165) is 4.47 Å². The summed E-state index contributed by atoms with van der Waals surface area (Å²) < 4.78 is 10.8. The van der Waals surface area contributed by atoms with Crippen molar-refractivity contribution in [1.82, 2.24) is 4.90 Å². The number of carbonyl (C=O) groups is 1. The lowest BCUT2D eigenvalue weighted by Crippen LogP contribution is -2.34. The molecule has 108 valence electrons. The first-order valence-corrected chi connectivity index (χ1v) is 6.92. The van der Waals surface area contributed by atoms with Gasteiger partial charge in [-0.1, -0.05) is 0 Å². The Morgan fingerprint density at radius 1 is 1.40 bits per heavy atom. The van der Waals surface area contributed by atoms with Crippen LogP contribution in [0.25, 0.3) is 0 Å². The van der Waals surface area contributed by atoms with Crippen LogP contribution in [-0.4, -0.2) is 44.7 Å². The van der Waals surface area contributed by atoms with Crippen molar-refractivity contribution in [2.75, 3.05) is 33.9 Å². The lowest BCUT2D eigenvalue weighted by Gasteiger charge is -2.21. The van der Waals surface area contributed by atoms with E-state index in [9.17, 15) is 4.79 Å². The normalized spacial score (nSPS) is 9.90. The number of carbonyl (C=O) groups excluding carboxylic acids is 1. The molecule has 0 aliphatic rings. The van der Waals surface area contributed by atoms with Gasteiger partial charge in [0.2, 0.25) is 0 Å². The van der Waals surface area contributed by atoms with Crippen LogP contribution >= 0.6 is 15.9 Å². The van der Waals surface area contributed by atoms with Crippen LogP contribution in [0.3, 0.4) is 0 Å². The highest BCUT2D eigenvalue weighted by molar-refractivity contribution is 9.10. The number of hydrogen-bond donors (Lipinski definition) is 0. The van der Waals surface area contributed by atoms with Gasteiger partial charge in [0, 0.05) is 25.8 Å². The summed E-state index contributed by atoms with van der Waals surface area (Å²) in [6.45, 7) is 1.29. The minimum atomic E-state index is -0.124. The Morgan fingerprint density at radius 2 is 2.15 bits per heavy atom. The highest BCUT2D eigenvalue weighted by atomic mass is 79.9. The number of nitrogens with zero attached hydrogens (tertiary/aromatic N) is 2. The van der Waals surface area contributed by atoms with Crippen LogP contribution in [0, 0.1) is 11.3 Å². The van der Waals surface area contributed by atoms with Crippen LogP contribution in [0.5, 0.6) is 5.75 Å². The summed E-state index contributed by atoms with van der Waals surface area (Å²) in [6, 6.07) is 7.20. The number of methoxy groups -OCH3 is 2. The molecule has 0 N–H and O–H groups in total. The van der Waals surface area contributed by atoms with Crippen molar-refractivity contribution in [2.45, 2.75) is 6.42 Å². The molecule has 0 aromatic heterocycles. The van der Waals surface area contributed by atoms with Gasteiger partial charge in [-0.15, -0.1) is 0 Å². The Hall–Kier alpha value is -1.58. The number of benzene rings is 1. The molecule has 20 heavy (non-hydrogen) atoms. The van der Waals surface area contributed by atoms with Crippen molar-refractivity contribution in [3.63, 3.8) is 0 Å². The van der Waals surface area contributed by atoms with Crippen molar-refractivity contribution in [2.24, 2.45) is 0 Å². The van der Waals surface area contributed by atoms with Crippen LogP contribution in [-0.2, 0) is 4.74 Å². The van der Waals surface area contributed by atoms with Crippen molar-refractivity contribution in [3.05, 3.63) is 28.2 Å². The minimum Gasteiger partial charge on any atom is -0.496 e. The topological polar surface area (TPSA) is 62.6 Å². The fourth-order valence-corrected chi connectivity index (χ4v) is 2.22. The van der Waals surface area contributed by atoms with E-state index in [0.29, 0.717) is 37.4 Å². The minimum absolute atomic E-state index is 0.124. The quantitative estimate of drug-likeness (QED) is 0.764. The first-order valence-electron chi connectivity index (χ1n) is 6.12. The van der Waals surface area contributed by atoms with Gasteiger partial charge >= 0.3 is 0 Å². The molecule has 0 aliphatic carbocycles. The molecular weight excluding hydrogens is 324 g/mol. The summed E-state index contributed by atoms with van der Waals surface area (Å²) in [5.41, 5.74) is 0.548. The molecule has 1 aromatic carbocycles. The zero-order valence-electron chi connectivity index (χ0n) is 11.6. The number of rotatable bonds is 7. The molecule has 0 fully saturated rings. The van der Waals surface area contributed by atoms with Gasteiger partial charge in [-0.3, -0.25) is 4.79 Å². The summed E-state index contributed by atoms with van der Waals surface area (Å²) in [5, 5.41) is 8.66. The number of nitriles is 1. The van der Waals surface area contributed by atoms with E-state index >= 15 is 0 Å². The SMILES string of the molecule is COCCN(CCC#N)C(=O)c1ccc(OC)c(Br)c1.